The summed E-state index contributed by atoms with van der Waals surface area (Å²) in [6.45, 7) is -0.0629. The number of ether oxygens (including phenoxy) is 1. The molecule has 6 nitrogen and oxygen atoms in total. The fourth-order valence-corrected chi connectivity index (χ4v) is 2.86. The summed E-state index contributed by atoms with van der Waals surface area (Å²) in [6.07, 6.45) is 0. The number of carbonyl (C=O) groups is 1. The summed E-state index contributed by atoms with van der Waals surface area (Å²) in [5, 5.41) is 6.76. The van der Waals surface area contributed by atoms with Gasteiger partial charge in [0.2, 0.25) is 5.82 Å². The van der Waals surface area contributed by atoms with Gasteiger partial charge >= 0.3 is 5.97 Å². The Hall–Kier alpha value is -2.93. The zero-order chi connectivity index (χ0) is 15.6. The van der Waals surface area contributed by atoms with Crippen molar-refractivity contribution in [2.75, 3.05) is 0 Å². The third-order valence-corrected chi connectivity index (χ3v) is 4.15. The molecule has 4 rings (SSSR count). The van der Waals surface area contributed by atoms with Crippen molar-refractivity contribution in [1.82, 2.24) is 15.1 Å². The maximum Gasteiger partial charge on any atom is 0.355 e. The number of aromatic amines is 1. The van der Waals surface area contributed by atoms with Gasteiger partial charge in [0.15, 0.2) is 6.61 Å². The Kier molecular flexibility index (Phi) is 3.39. The van der Waals surface area contributed by atoms with Gasteiger partial charge in [-0.15, -0.1) is 11.3 Å². The summed E-state index contributed by atoms with van der Waals surface area (Å²) in [5.74, 6) is 0.298. The van der Waals surface area contributed by atoms with Gasteiger partial charge in [-0.1, -0.05) is 29.4 Å². The number of hydrogen-bond donors (Lipinski definition) is 1. The largest absolute Gasteiger partial charge is 0.451 e. The first-order chi connectivity index (χ1) is 11.3. The standard InChI is InChI=1S/C16H11N3O3S/c20-16(12-8-10-4-1-2-5-11(10)17-12)21-9-14-18-15(19-22-14)13-6-3-7-23-13/h1-8,17H,9H2. The quantitative estimate of drug-likeness (QED) is 0.579. The molecule has 0 atom stereocenters. The highest BCUT2D eigenvalue weighted by atomic mass is 32.1. The van der Waals surface area contributed by atoms with Crippen LogP contribution in [0.5, 0.6) is 0 Å². The molecule has 0 aliphatic carbocycles. The lowest BCUT2D eigenvalue weighted by atomic mass is 10.2. The molecule has 3 aromatic heterocycles. The summed E-state index contributed by atoms with van der Waals surface area (Å²) in [5.41, 5.74) is 1.28. The molecule has 0 amide bonds. The zero-order valence-corrected chi connectivity index (χ0v) is 12.7. The van der Waals surface area contributed by atoms with E-state index in [-0.39, 0.29) is 12.5 Å². The number of carbonyl (C=O) groups excluding carboxylic acids is 1. The number of para-hydroxylation sites is 1. The number of benzene rings is 1. The van der Waals surface area contributed by atoms with E-state index in [9.17, 15) is 4.79 Å². The number of esters is 1. The lowest BCUT2D eigenvalue weighted by Crippen LogP contribution is -2.05. The Morgan fingerprint density at radius 1 is 1.26 bits per heavy atom. The van der Waals surface area contributed by atoms with Gasteiger partial charge in [-0.05, 0) is 23.6 Å². The van der Waals surface area contributed by atoms with E-state index in [1.807, 2.05) is 41.8 Å². The number of fused-ring (bicyclic) bond motifs is 1. The van der Waals surface area contributed by atoms with E-state index in [4.69, 9.17) is 9.26 Å². The molecule has 0 spiro atoms. The maximum atomic E-state index is 12.1. The van der Waals surface area contributed by atoms with Crippen LogP contribution in [0.25, 0.3) is 21.6 Å². The van der Waals surface area contributed by atoms with E-state index in [0.29, 0.717) is 11.5 Å². The average Bonchev–Trinajstić information content (AvgIpc) is 3.31. The Balaban J connectivity index is 1.45. The molecule has 23 heavy (non-hydrogen) atoms. The van der Waals surface area contributed by atoms with E-state index in [1.54, 1.807) is 6.07 Å². The van der Waals surface area contributed by atoms with Gasteiger partial charge in [-0.2, -0.15) is 4.98 Å². The fraction of sp³-hybridized carbons (Fsp3) is 0.0625. The van der Waals surface area contributed by atoms with Gasteiger partial charge in [0.1, 0.15) is 5.69 Å². The van der Waals surface area contributed by atoms with Gasteiger partial charge in [0.05, 0.1) is 4.88 Å². The van der Waals surface area contributed by atoms with Gasteiger partial charge in [0.25, 0.3) is 5.89 Å². The summed E-state index contributed by atoms with van der Waals surface area (Å²) < 4.78 is 10.3. The molecule has 0 saturated carbocycles. The predicted octanol–water partition coefficient (Wildman–Crippen LogP) is 3.64. The highest BCUT2D eigenvalue weighted by Gasteiger charge is 2.14. The zero-order valence-electron chi connectivity index (χ0n) is 11.9. The molecule has 3 heterocycles. The molecule has 7 heteroatoms. The molecule has 0 unspecified atom stereocenters. The molecule has 0 fully saturated rings. The molecule has 4 aromatic rings. The number of H-pyrrole nitrogens is 1. The van der Waals surface area contributed by atoms with Crippen LogP contribution in [-0.4, -0.2) is 21.1 Å². The number of thiophene rings is 1. The molecule has 0 aliphatic heterocycles. The normalized spacial score (nSPS) is 11.0. The topological polar surface area (TPSA) is 81.0 Å². The average molecular weight is 325 g/mol. The van der Waals surface area contributed by atoms with Crippen molar-refractivity contribution in [2.45, 2.75) is 6.61 Å². The number of rotatable bonds is 4. The number of nitrogens with one attached hydrogen (secondary N) is 1. The van der Waals surface area contributed by atoms with Gasteiger partial charge in [-0.3, -0.25) is 0 Å². The molecule has 1 aromatic carbocycles. The van der Waals surface area contributed by atoms with Crippen molar-refractivity contribution in [3.63, 3.8) is 0 Å². The number of nitrogens with zero attached hydrogens (tertiary/aromatic N) is 2. The lowest BCUT2D eigenvalue weighted by molar-refractivity contribution is 0.0424. The molecule has 0 bridgehead atoms. The van der Waals surface area contributed by atoms with Crippen LogP contribution >= 0.6 is 11.3 Å². The van der Waals surface area contributed by atoms with Crippen LogP contribution in [-0.2, 0) is 11.3 Å². The monoisotopic (exact) mass is 325 g/mol. The Bertz CT molecular complexity index is 923. The summed E-state index contributed by atoms with van der Waals surface area (Å²) in [7, 11) is 0. The predicted molar refractivity (Wildman–Crippen MR) is 85.0 cm³/mol. The van der Waals surface area contributed by atoms with Crippen molar-refractivity contribution in [2.24, 2.45) is 0 Å². The first-order valence-corrected chi connectivity index (χ1v) is 7.79. The molecule has 0 radical (unpaired) electrons. The first kappa shape index (κ1) is 13.7. The van der Waals surface area contributed by atoms with Crippen molar-refractivity contribution in [3.05, 3.63) is 59.4 Å². The van der Waals surface area contributed by atoms with Gasteiger partial charge in [-0.25, -0.2) is 4.79 Å². The van der Waals surface area contributed by atoms with E-state index in [1.165, 1.54) is 11.3 Å². The van der Waals surface area contributed by atoms with E-state index in [0.717, 1.165) is 15.8 Å². The highest BCUT2D eigenvalue weighted by molar-refractivity contribution is 7.13. The van der Waals surface area contributed by atoms with Gasteiger partial charge in [0, 0.05) is 10.9 Å². The van der Waals surface area contributed by atoms with Crippen LogP contribution < -0.4 is 0 Å². The highest BCUT2D eigenvalue weighted by Crippen LogP contribution is 2.21. The van der Waals surface area contributed by atoms with Crippen molar-refractivity contribution in [1.29, 1.82) is 0 Å². The number of aromatic nitrogens is 3. The first-order valence-electron chi connectivity index (χ1n) is 6.91. The SMILES string of the molecule is O=C(OCc1nc(-c2cccs2)no1)c1cc2ccccc2[nH]1. The minimum Gasteiger partial charge on any atom is -0.451 e. The minimum atomic E-state index is -0.461. The second kappa shape index (κ2) is 5.69. The third kappa shape index (κ3) is 2.74. The Morgan fingerprint density at radius 3 is 3.00 bits per heavy atom. The van der Waals surface area contributed by atoms with E-state index < -0.39 is 5.97 Å². The second-order valence-electron chi connectivity index (χ2n) is 4.84. The Labute approximate surface area is 134 Å². The molecule has 0 aliphatic rings. The van der Waals surface area contributed by atoms with Crippen LogP contribution in [0.15, 0.2) is 52.4 Å². The van der Waals surface area contributed by atoms with E-state index in [2.05, 4.69) is 15.1 Å². The van der Waals surface area contributed by atoms with Crippen LogP contribution in [0.2, 0.25) is 0 Å². The Morgan fingerprint density at radius 2 is 2.17 bits per heavy atom. The minimum absolute atomic E-state index is 0.0629. The van der Waals surface area contributed by atoms with Crippen LogP contribution in [0.1, 0.15) is 16.4 Å². The van der Waals surface area contributed by atoms with Crippen LogP contribution in [0, 0.1) is 0 Å². The van der Waals surface area contributed by atoms with Crippen LogP contribution in [0.4, 0.5) is 0 Å². The van der Waals surface area contributed by atoms with Gasteiger partial charge < -0.3 is 14.2 Å². The molecular weight excluding hydrogens is 314 g/mol. The summed E-state index contributed by atoms with van der Waals surface area (Å²) in [6, 6.07) is 13.2. The van der Waals surface area contributed by atoms with Crippen molar-refractivity contribution >= 4 is 28.2 Å². The summed E-state index contributed by atoms with van der Waals surface area (Å²) >= 11 is 1.52. The molecular formula is C16H11N3O3S. The smallest absolute Gasteiger partial charge is 0.355 e. The fourth-order valence-electron chi connectivity index (χ4n) is 2.21. The van der Waals surface area contributed by atoms with Crippen LogP contribution in [0.3, 0.4) is 0 Å². The second-order valence-corrected chi connectivity index (χ2v) is 5.78. The van der Waals surface area contributed by atoms with Crippen molar-refractivity contribution in [3.8, 4) is 10.7 Å². The molecule has 1 N–H and O–H groups in total. The molecule has 0 saturated heterocycles. The lowest BCUT2D eigenvalue weighted by Gasteiger charge is -1.98. The molecule has 114 valence electrons. The van der Waals surface area contributed by atoms with E-state index >= 15 is 0 Å². The third-order valence-electron chi connectivity index (χ3n) is 3.29. The number of hydrogen-bond acceptors (Lipinski definition) is 6. The maximum absolute atomic E-state index is 12.1. The summed E-state index contributed by atoms with van der Waals surface area (Å²) in [4.78, 5) is 20.2. The van der Waals surface area contributed by atoms with Crippen molar-refractivity contribution < 1.29 is 14.1 Å².